The van der Waals surface area contributed by atoms with Crippen LogP contribution in [0.3, 0.4) is 0 Å². The number of nitrogens with one attached hydrogen (secondary N) is 1. The Balaban J connectivity index is 1.46. The van der Waals surface area contributed by atoms with Crippen molar-refractivity contribution in [2.45, 2.75) is 45.8 Å². The summed E-state index contributed by atoms with van der Waals surface area (Å²) >= 11 is 0. The van der Waals surface area contributed by atoms with Gasteiger partial charge in [0.1, 0.15) is 0 Å². The molecule has 0 spiro atoms. The van der Waals surface area contributed by atoms with Gasteiger partial charge in [-0.1, -0.05) is 6.92 Å². The summed E-state index contributed by atoms with van der Waals surface area (Å²) in [6.45, 7) is 6.72. The van der Waals surface area contributed by atoms with Gasteiger partial charge in [-0.15, -0.1) is 5.10 Å². The first kappa shape index (κ1) is 22.2. The van der Waals surface area contributed by atoms with Crippen molar-refractivity contribution in [1.82, 2.24) is 24.5 Å². The van der Waals surface area contributed by atoms with E-state index in [1.807, 2.05) is 18.3 Å². The topological polar surface area (TPSA) is 90.0 Å². The minimum Gasteiger partial charge on any atom is -0.493 e. The fourth-order valence-corrected chi connectivity index (χ4v) is 4.28. The standard InChI is InChI=1S/C25H30N6O3/c1-5-16(2)27-25-26-13-19(24-28-23(29-31(24)25)20-7-6-10-34-20)15-30-9-8-17-11-21(32-3)22(33-4)12-18(17)14-30/h6-7,10-13,16H,5,8-9,14-15H2,1-4H3,(H,26,27). The van der Waals surface area contributed by atoms with E-state index in [2.05, 4.69) is 36.2 Å². The number of methoxy groups -OCH3 is 2. The van der Waals surface area contributed by atoms with Crippen LogP contribution in [0.25, 0.3) is 17.2 Å². The molecule has 0 amide bonds. The summed E-state index contributed by atoms with van der Waals surface area (Å²) in [4.78, 5) is 11.9. The third-order valence-corrected chi connectivity index (χ3v) is 6.36. The fraction of sp³-hybridized carbons (Fsp3) is 0.400. The molecule has 1 unspecified atom stereocenters. The smallest absolute Gasteiger partial charge is 0.226 e. The largest absolute Gasteiger partial charge is 0.493 e. The molecule has 5 rings (SSSR count). The molecule has 3 aromatic heterocycles. The number of fused-ring (bicyclic) bond motifs is 2. The summed E-state index contributed by atoms with van der Waals surface area (Å²) < 4.78 is 18.3. The monoisotopic (exact) mass is 462 g/mol. The van der Waals surface area contributed by atoms with Crippen molar-refractivity contribution < 1.29 is 13.9 Å². The van der Waals surface area contributed by atoms with E-state index >= 15 is 0 Å². The number of nitrogens with zero attached hydrogens (tertiary/aromatic N) is 5. The number of benzene rings is 1. The number of rotatable bonds is 8. The normalized spacial score (nSPS) is 14.7. The Morgan fingerprint density at radius 2 is 1.97 bits per heavy atom. The van der Waals surface area contributed by atoms with Crippen LogP contribution in [0.15, 0.2) is 41.1 Å². The zero-order valence-corrected chi connectivity index (χ0v) is 20.0. The highest BCUT2D eigenvalue weighted by atomic mass is 16.5. The van der Waals surface area contributed by atoms with Crippen LogP contribution in [-0.2, 0) is 19.5 Å². The van der Waals surface area contributed by atoms with Gasteiger partial charge >= 0.3 is 0 Å². The average molecular weight is 463 g/mol. The van der Waals surface area contributed by atoms with Crippen molar-refractivity contribution in [2.75, 3.05) is 26.1 Å². The summed E-state index contributed by atoms with van der Waals surface area (Å²) in [5.41, 5.74) is 4.35. The van der Waals surface area contributed by atoms with E-state index in [0.29, 0.717) is 24.1 Å². The zero-order chi connectivity index (χ0) is 23.7. The Labute approximate surface area is 198 Å². The molecule has 0 saturated heterocycles. The molecular formula is C25H30N6O3. The Morgan fingerprint density at radius 1 is 1.18 bits per heavy atom. The van der Waals surface area contributed by atoms with E-state index in [9.17, 15) is 0 Å². The zero-order valence-electron chi connectivity index (χ0n) is 20.0. The van der Waals surface area contributed by atoms with Gasteiger partial charge in [0.25, 0.3) is 0 Å². The third-order valence-electron chi connectivity index (χ3n) is 6.36. The molecule has 9 nitrogen and oxygen atoms in total. The van der Waals surface area contributed by atoms with Crippen LogP contribution >= 0.6 is 0 Å². The van der Waals surface area contributed by atoms with Gasteiger partial charge in [-0.3, -0.25) is 4.90 Å². The molecular weight excluding hydrogens is 432 g/mol. The molecule has 178 valence electrons. The minimum absolute atomic E-state index is 0.267. The summed E-state index contributed by atoms with van der Waals surface area (Å²) in [6.07, 6.45) is 5.46. The van der Waals surface area contributed by atoms with E-state index in [0.717, 1.165) is 48.6 Å². The Bertz CT molecular complexity index is 1280. The first-order valence-corrected chi connectivity index (χ1v) is 11.6. The molecule has 1 aromatic carbocycles. The lowest BCUT2D eigenvalue weighted by Crippen LogP contribution is -2.30. The van der Waals surface area contributed by atoms with Gasteiger partial charge in [-0.25, -0.2) is 9.97 Å². The second-order valence-electron chi connectivity index (χ2n) is 8.65. The number of anilines is 1. The van der Waals surface area contributed by atoms with Gasteiger partial charge in [0.05, 0.1) is 20.5 Å². The SMILES string of the molecule is CCC(C)Nc1ncc(CN2CCc3cc(OC)c(OC)cc3C2)c2nc(-c3ccco3)nn12. The summed E-state index contributed by atoms with van der Waals surface area (Å²) in [5.74, 6) is 3.40. The molecule has 1 aliphatic rings. The Kier molecular flexibility index (Phi) is 6.10. The van der Waals surface area contributed by atoms with Gasteiger partial charge in [0.15, 0.2) is 22.9 Å². The van der Waals surface area contributed by atoms with Crippen molar-refractivity contribution in [3.05, 3.63) is 53.4 Å². The predicted molar refractivity (Wildman–Crippen MR) is 129 cm³/mol. The molecule has 1 aliphatic heterocycles. The van der Waals surface area contributed by atoms with Gasteiger partial charge in [0.2, 0.25) is 11.8 Å². The second kappa shape index (κ2) is 9.34. The van der Waals surface area contributed by atoms with Crippen LogP contribution in [0, 0.1) is 0 Å². The van der Waals surface area contributed by atoms with Crippen molar-refractivity contribution in [3.63, 3.8) is 0 Å². The van der Waals surface area contributed by atoms with Crippen molar-refractivity contribution >= 4 is 11.6 Å². The van der Waals surface area contributed by atoms with Crippen molar-refractivity contribution in [1.29, 1.82) is 0 Å². The maximum Gasteiger partial charge on any atom is 0.226 e. The molecule has 0 bridgehead atoms. The summed E-state index contributed by atoms with van der Waals surface area (Å²) in [5, 5.41) is 8.15. The molecule has 0 aliphatic carbocycles. The molecule has 0 fully saturated rings. The van der Waals surface area contributed by atoms with Gasteiger partial charge in [-0.2, -0.15) is 4.52 Å². The number of furan rings is 1. The Hall–Kier alpha value is -3.59. The number of ether oxygens (including phenoxy) is 2. The fourth-order valence-electron chi connectivity index (χ4n) is 4.28. The lowest BCUT2D eigenvalue weighted by atomic mass is 9.98. The summed E-state index contributed by atoms with van der Waals surface area (Å²) in [6, 6.07) is 8.15. The minimum atomic E-state index is 0.267. The molecule has 0 radical (unpaired) electrons. The highest BCUT2D eigenvalue weighted by Gasteiger charge is 2.22. The maximum absolute atomic E-state index is 5.55. The molecule has 4 aromatic rings. The lowest BCUT2D eigenvalue weighted by Gasteiger charge is -2.29. The Morgan fingerprint density at radius 3 is 2.68 bits per heavy atom. The van der Waals surface area contributed by atoms with Crippen LogP contribution in [-0.4, -0.2) is 51.3 Å². The second-order valence-corrected chi connectivity index (χ2v) is 8.65. The van der Waals surface area contributed by atoms with E-state index in [4.69, 9.17) is 29.0 Å². The van der Waals surface area contributed by atoms with Crippen molar-refractivity contribution in [3.8, 4) is 23.1 Å². The summed E-state index contributed by atoms with van der Waals surface area (Å²) in [7, 11) is 3.34. The first-order chi connectivity index (χ1) is 16.6. The van der Waals surface area contributed by atoms with Crippen molar-refractivity contribution in [2.24, 2.45) is 0 Å². The van der Waals surface area contributed by atoms with Crippen LogP contribution in [0.1, 0.15) is 37.0 Å². The van der Waals surface area contributed by atoms with E-state index in [1.165, 1.54) is 11.1 Å². The van der Waals surface area contributed by atoms with Crippen LogP contribution in [0.5, 0.6) is 11.5 Å². The predicted octanol–water partition coefficient (Wildman–Crippen LogP) is 4.17. The molecule has 0 saturated carbocycles. The number of aromatic nitrogens is 4. The van der Waals surface area contributed by atoms with E-state index in [1.54, 1.807) is 25.0 Å². The average Bonchev–Trinajstić information content (AvgIpc) is 3.55. The third kappa shape index (κ3) is 4.19. The maximum atomic E-state index is 5.55. The lowest BCUT2D eigenvalue weighted by molar-refractivity contribution is 0.244. The van der Waals surface area contributed by atoms with Gasteiger partial charge in [-0.05, 0) is 55.2 Å². The van der Waals surface area contributed by atoms with E-state index < -0.39 is 0 Å². The van der Waals surface area contributed by atoms with Crippen LogP contribution in [0.2, 0.25) is 0 Å². The molecule has 1 atom stereocenters. The highest BCUT2D eigenvalue weighted by molar-refractivity contribution is 5.58. The quantitative estimate of drug-likeness (QED) is 0.417. The van der Waals surface area contributed by atoms with Crippen LogP contribution in [0.4, 0.5) is 5.95 Å². The molecule has 4 heterocycles. The molecule has 1 N–H and O–H groups in total. The van der Waals surface area contributed by atoms with Crippen LogP contribution < -0.4 is 14.8 Å². The van der Waals surface area contributed by atoms with Gasteiger partial charge in [0, 0.05) is 37.4 Å². The molecule has 34 heavy (non-hydrogen) atoms. The van der Waals surface area contributed by atoms with E-state index in [-0.39, 0.29) is 6.04 Å². The molecule has 9 heteroatoms. The highest BCUT2D eigenvalue weighted by Crippen LogP contribution is 2.34. The number of hydrogen-bond acceptors (Lipinski definition) is 8. The number of hydrogen-bond donors (Lipinski definition) is 1. The first-order valence-electron chi connectivity index (χ1n) is 11.6. The van der Waals surface area contributed by atoms with Gasteiger partial charge < -0.3 is 19.2 Å².